The summed E-state index contributed by atoms with van der Waals surface area (Å²) in [7, 11) is 0. The lowest BCUT2D eigenvalue weighted by atomic mass is 10.2. The van der Waals surface area contributed by atoms with Gasteiger partial charge in [-0.15, -0.1) is 11.8 Å². The van der Waals surface area contributed by atoms with Gasteiger partial charge in [-0.3, -0.25) is 0 Å². The summed E-state index contributed by atoms with van der Waals surface area (Å²) in [4.78, 5) is 1.08. The fourth-order valence-corrected chi connectivity index (χ4v) is 1.99. The SMILES string of the molecule is Cc1cc2c(cc1SCC#N)OCO2. The molecule has 0 saturated heterocycles. The summed E-state index contributed by atoms with van der Waals surface area (Å²) in [6.07, 6.45) is 0. The zero-order valence-corrected chi connectivity index (χ0v) is 8.56. The summed E-state index contributed by atoms with van der Waals surface area (Å²) in [6.45, 7) is 2.29. The number of fused-ring (bicyclic) bond motifs is 1. The smallest absolute Gasteiger partial charge is 0.231 e. The Morgan fingerprint density at radius 3 is 2.86 bits per heavy atom. The van der Waals surface area contributed by atoms with E-state index in [-0.39, 0.29) is 0 Å². The number of aryl methyl sites for hydroxylation is 1. The van der Waals surface area contributed by atoms with E-state index in [9.17, 15) is 0 Å². The molecule has 14 heavy (non-hydrogen) atoms. The number of thioether (sulfide) groups is 1. The van der Waals surface area contributed by atoms with Crippen molar-refractivity contribution in [2.45, 2.75) is 11.8 Å². The molecule has 0 amide bonds. The van der Waals surface area contributed by atoms with Crippen LogP contribution in [-0.2, 0) is 0 Å². The van der Waals surface area contributed by atoms with Crippen molar-refractivity contribution in [3.63, 3.8) is 0 Å². The predicted molar refractivity (Wildman–Crippen MR) is 53.6 cm³/mol. The molecule has 2 rings (SSSR count). The Bertz CT molecular complexity index is 398. The van der Waals surface area contributed by atoms with Gasteiger partial charge in [0.2, 0.25) is 6.79 Å². The summed E-state index contributed by atoms with van der Waals surface area (Å²) in [5.74, 6) is 2.03. The van der Waals surface area contributed by atoms with Crippen LogP contribution in [0.25, 0.3) is 0 Å². The highest BCUT2D eigenvalue weighted by atomic mass is 32.2. The van der Waals surface area contributed by atoms with Gasteiger partial charge in [-0.1, -0.05) is 0 Å². The molecular formula is C10H9NO2S. The van der Waals surface area contributed by atoms with Crippen molar-refractivity contribution < 1.29 is 9.47 Å². The summed E-state index contributed by atoms with van der Waals surface area (Å²) >= 11 is 1.52. The van der Waals surface area contributed by atoms with Crippen molar-refractivity contribution in [1.29, 1.82) is 5.26 Å². The lowest BCUT2D eigenvalue weighted by molar-refractivity contribution is 0.174. The molecule has 4 heteroatoms. The Hall–Kier alpha value is -1.34. The van der Waals surface area contributed by atoms with E-state index in [0.717, 1.165) is 22.0 Å². The van der Waals surface area contributed by atoms with E-state index in [1.807, 2.05) is 19.1 Å². The first-order chi connectivity index (χ1) is 6.81. The highest BCUT2D eigenvalue weighted by Gasteiger charge is 2.15. The van der Waals surface area contributed by atoms with Crippen LogP contribution in [0.5, 0.6) is 11.5 Å². The number of hydrogen-bond donors (Lipinski definition) is 0. The number of ether oxygens (including phenoxy) is 2. The fraction of sp³-hybridized carbons (Fsp3) is 0.300. The van der Waals surface area contributed by atoms with Crippen LogP contribution in [0, 0.1) is 18.3 Å². The quantitative estimate of drug-likeness (QED) is 0.698. The molecule has 0 aliphatic carbocycles. The average molecular weight is 207 g/mol. The Morgan fingerprint density at radius 2 is 2.14 bits per heavy atom. The summed E-state index contributed by atoms with van der Waals surface area (Å²) in [5, 5.41) is 8.49. The van der Waals surface area contributed by atoms with Crippen LogP contribution >= 0.6 is 11.8 Å². The normalized spacial score (nSPS) is 12.6. The van der Waals surface area contributed by atoms with Crippen LogP contribution < -0.4 is 9.47 Å². The van der Waals surface area contributed by atoms with Crippen molar-refractivity contribution in [2.24, 2.45) is 0 Å². The van der Waals surface area contributed by atoms with Gasteiger partial charge in [0, 0.05) is 4.90 Å². The highest BCUT2D eigenvalue weighted by Crippen LogP contribution is 2.37. The van der Waals surface area contributed by atoms with Gasteiger partial charge in [0.1, 0.15) is 0 Å². The van der Waals surface area contributed by atoms with Crippen LogP contribution in [-0.4, -0.2) is 12.5 Å². The van der Waals surface area contributed by atoms with E-state index in [4.69, 9.17) is 14.7 Å². The summed E-state index contributed by atoms with van der Waals surface area (Å²) in [5.41, 5.74) is 1.12. The fourth-order valence-electron chi connectivity index (χ4n) is 1.29. The van der Waals surface area contributed by atoms with Crippen LogP contribution in [0.3, 0.4) is 0 Å². The minimum absolute atomic E-state index is 0.293. The first-order valence-corrected chi connectivity index (χ1v) is 5.20. The van der Waals surface area contributed by atoms with Gasteiger partial charge in [-0.25, -0.2) is 0 Å². The van der Waals surface area contributed by atoms with Gasteiger partial charge in [-0.05, 0) is 24.6 Å². The third-order valence-corrected chi connectivity index (χ3v) is 2.99. The molecule has 0 N–H and O–H groups in total. The number of nitrogens with zero attached hydrogens (tertiary/aromatic N) is 1. The van der Waals surface area contributed by atoms with Crippen LogP contribution in [0.1, 0.15) is 5.56 Å². The highest BCUT2D eigenvalue weighted by molar-refractivity contribution is 7.99. The molecule has 1 heterocycles. The summed E-state index contributed by atoms with van der Waals surface area (Å²) < 4.78 is 10.5. The van der Waals surface area contributed by atoms with Crippen molar-refractivity contribution in [2.75, 3.05) is 12.5 Å². The van der Waals surface area contributed by atoms with E-state index >= 15 is 0 Å². The molecule has 0 unspecified atom stereocenters. The molecular weight excluding hydrogens is 198 g/mol. The molecule has 0 saturated carbocycles. The minimum atomic E-state index is 0.293. The maximum absolute atomic E-state index is 8.49. The molecule has 1 aliphatic rings. The van der Waals surface area contributed by atoms with E-state index in [2.05, 4.69) is 6.07 Å². The third kappa shape index (κ3) is 1.64. The maximum atomic E-state index is 8.49. The van der Waals surface area contributed by atoms with Gasteiger partial charge in [0.25, 0.3) is 0 Å². The molecule has 1 aromatic carbocycles. The average Bonchev–Trinajstić information content (AvgIpc) is 2.61. The number of hydrogen-bond acceptors (Lipinski definition) is 4. The van der Waals surface area contributed by atoms with Gasteiger partial charge in [0.05, 0.1) is 11.8 Å². The van der Waals surface area contributed by atoms with Crippen molar-refractivity contribution in [1.82, 2.24) is 0 Å². The first kappa shape index (κ1) is 9.22. The lowest BCUT2D eigenvalue weighted by Gasteiger charge is -2.04. The Labute approximate surface area is 86.6 Å². The topological polar surface area (TPSA) is 42.2 Å². The second-order valence-corrected chi connectivity index (χ2v) is 3.93. The van der Waals surface area contributed by atoms with E-state index in [1.54, 1.807) is 0 Å². The van der Waals surface area contributed by atoms with Gasteiger partial charge < -0.3 is 9.47 Å². The van der Waals surface area contributed by atoms with E-state index in [0.29, 0.717) is 12.5 Å². The monoisotopic (exact) mass is 207 g/mol. The molecule has 1 aromatic rings. The molecule has 0 bridgehead atoms. The first-order valence-electron chi connectivity index (χ1n) is 4.21. The second kappa shape index (κ2) is 3.81. The molecule has 0 spiro atoms. The van der Waals surface area contributed by atoms with Crippen LogP contribution in [0.4, 0.5) is 0 Å². The van der Waals surface area contributed by atoms with Crippen molar-refractivity contribution in [3.8, 4) is 17.6 Å². The van der Waals surface area contributed by atoms with Gasteiger partial charge in [0.15, 0.2) is 11.5 Å². The number of rotatable bonds is 2. The van der Waals surface area contributed by atoms with Gasteiger partial charge >= 0.3 is 0 Å². The molecule has 0 aromatic heterocycles. The predicted octanol–water partition coefficient (Wildman–Crippen LogP) is 2.34. The molecule has 1 aliphatic heterocycles. The number of nitriles is 1. The van der Waals surface area contributed by atoms with Crippen LogP contribution in [0.2, 0.25) is 0 Å². The maximum Gasteiger partial charge on any atom is 0.231 e. The zero-order valence-electron chi connectivity index (χ0n) is 7.74. The zero-order chi connectivity index (χ0) is 9.97. The van der Waals surface area contributed by atoms with Crippen molar-refractivity contribution >= 4 is 11.8 Å². The van der Waals surface area contributed by atoms with E-state index < -0.39 is 0 Å². The van der Waals surface area contributed by atoms with Gasteiger partial charge in [-0.2, -0.15) is 5.26 Å². The molecule has 0 fully saturated rings. The Balaban J connectivity index is 2.29. The standard InChI is InChI=1S/C10H9NO2S/c1-7-4-8-9(13-6-12-8)5-10(7)14-3-2-11/h4-5H,3,6H2,1H3. The third-order valence-electron chi connectivity index (χ3n) is 1.96. The minimum Gasteiger partial charge on any atom is -0.454 e. The second-order valence-electron chi connectivity index (χ2n) is 2.92. The Kier molecular flexibility index (Phi) is 2.51. The molecule has 0 atom stereocenters. The van der Waals surface area contributed by atoms with Crippen molar-refractivity contribution in [3.05, 3.63) is 17.7 Å². The van der Waals surface area contributed by atoms with E-state index in [1.165, 1.54) is 11.8 Å². The largest absolute Gasteiger partial charge is 0.454 e. The Morgan fingerprint density at radius 1 is 1.43 bits per heavy atom. The molecule has 0 radical (unpaired) electrons. The number of benzene rings is 1. The molecule has 3 nitrogen and oxygen atoms in total. The van der Waals surface area contributed by atoms with Crippen LogP contribution in [0.15, 0.2) is 17.0 Å². The molecule has 72 valence electrons. The summed E-state index contributed by atoms with van der Waals surface area (Å²) in [6, 6.07) is 5.98. The lowest BCUT2D eigenvalue weighted by Crippen LogP contribution is -1.92.